The molecule has 4 nitrogen and oxygen atoms in total. The van der Waals surface area contributed by atoms with Crippen LogP contribution in [0.2, 0.25) is 0 Å². The molecule has 13 heavy (non-hydrogen) atoms. The van der Waals surface area contributed by atoms with Crippen molar-refractivity contribution in [1.82, 2.24) is 0 Å². The molecule has 0 aromatic rings. The number of hydrogen-bond donors (Lipinski definition) is 0. The fourth-order valence-electron chi connectivity index (χ4n) is 0.696. The summed E-state index contributed by atoms with van der Waals surface area (Å²) in [5.74, 6) is 0. The number of carbonyl (C=O) groups excluding carboxylic acids is 1. The van der Waals surface area contributed by atoms with Crippen molar-refractivity contribution < 1.29 is 13.2 Å². The first-order valence-electron chi connectivity index (χ1n) is 3.56. The molecule has 0 N–H and O–H groups in total. The molecule has 0 bridgehead atoms. The van der Waals surface area contributed by atoms with Crippen LogP contribution in [0.4, 0.5) is 0 Å². The van der Waals surface area contributed by atoms with Crippen molar-refractivity contribution in [2.75, 3.05) is 0 Å². The van der Waals surface area contributed by atoms with E-state index < -0.39 is 14.2 Å². The zero-order valence-corrected chi connectivity index (χ0v) is 10.9. The van der Waals surface area contributed by atoms with Crippen molar-refractivity contribution in [3.05, 3.63) is 0 Å². The van der Waals surface area contributed by atoms with Crippen LogP contribution in [-0.2, 0) is 14.8 Å². The average Bonchev–Trinajstić information content (AvgIpc) is 2.03. The SMILES string of the molecule is CCCC(Br)C(Br)S(=O)(=O)N=C=O. The second-order valence-electron chi connectivity index (χ2n) is 2.35. The molecule has 0 spiro atoms. The molecule has 0 rings (SSSR count). The van der Waals surface area contributed by atoms with Gasteiger partial charge in [0.05, 0.1) is 0 Å². The van der Waals surface area contributed by atoms with E-state index in [-0.39, 0.29) is 4.83 Å². The third-order valence-electron chi connectivity index (χ3n) is 1.30. The van der Waals surface area contributed by atoms with Gasteiger partial charge in [0.2, 0.25) is 0 Å². The van der Waals surface area contributed by atoms with Crippen molar-refractivity contribution in [2.45, 2.75) is 28.8 Å². The standard InChI is InChI=1S/C6H9Br2NO3S/c1-2-3-5(7)6(8)13(11,12)9-4-10/h5-6H,2-3H2,1H3. The van der Waals surface area contributed by atoms with Gasteiger partial charge in [0.1, 0.15) is 0 Å². The van der Waals surface area contributed by atoms with Crippen molar-refractivity contribution in [1.29, 1.82) is 0 Å². The average molecular weight is 335 g/mol. The highest BCUT2D eigenvalue weighted by Gasteiger charge is 2.28. The van der Waals surface area contributed by atoms with Gasteiger partial charge in [-0.1, -0.05) is 49.6 Å². The maximum absolute atomic E-state index is 11.1. The molecule has 0 aliphatic rings. The van der Waals surface area contributed by atoms with Gasteiger partial charge in [0.15, 0.2) is 4.16 Å². The maximum atomic E-state index is 11.1. The van der Waals surface area contributed by atoms with Crippen LogP contribution in [0.1, 0.15) is 19.8 Å². The monoisotopic (exact) mass is 333 g/mol. The van der Waals surface area contributed by atoms with Gasteiger partial charge >= 0.3 is 0 Å². The predicted molar refractivity (Wildman–Crippen MR) is 57.4 cm³/mol. The Kier molecular flexibility index (Phi) is 6.04. The van der Waals surface area contributed by atoms with Gasteiger partial charge in [-0.3, -0.25) is 0 Å². The maximum Gasteiger partial charge on any atom is 0.277 e. The fourth-order valence-corrected chi connectivity index (χ4v) is 3.20. The van der Waals surface area contributed by atoms with Gasteiger partial charge < -0.3 is 0 Å². The third kappa shape index (κ3) is 4.35. The minimum atomic E-state index is -3.76. The van der Waals surface area contributed by atoms with E-state index in [0.29, 0.717) is 6.42 Å². The molecule has 0 fully saturated rings. The second-order valence-corrected chi connectivity index (χ2v) is 6.84. The van der Waals surface area contributed by atoms with Gasteiger partial charge in [0.25, 0.3) is 16.1 Å². The highest BCUT2D eigenvalue weighted by Crippen LogP contribution is 2.24. The van der Waals surface area contributed by atoms with E-state index in [1.165, 1.54) is 0 Å². The molecule has 0 aliphatic carbocycles. The van der Waals surface area contributed by atoms with E-state index in [0.717, 1.165) is 12.5 Å². The normalized spacial score (nSPS) is 15.9. The lowest BCUT2D eigenvalue weighted by atomic mass is 10.3. The second kappa shape index (κ2) is 5.90. The van der Waals surface area contributed by atoms with Crippen molar-refractivity contribution in [3.63, 3.8) is 0 Å². The Hall–Kier alpha value is 0.290. The van der Waals surface area contributed by atoms with Crippen LogP contribution in [0.5, 0.6) is 0 Å². The molecule has 0 amide bonds. The van der Waals surface area contributed by atoms with E-state index in [1.54, 1.807) is 0 Å². The number of hydrogen-bond acceptors (Lipinski definition) is 3. The number of rotatable bonds is 5. The van der Waals surface area contributed by atoms with Crippen molar-refractivity contribution in [2.24, 2.45) is 4.40 Å². The molecular weight excluding hydrogens is 326 g/mol. The summed E-state index contributed by atoms with van der Waals surface area (Å²) in [6.45, 7) is 1.93. The Labute approximate surface area is 94.1 Å². The first kappa shape index (κ1) is 13.3. The van der Waals surface area contributed by atoms with Crippen molar-refractivity contribution in [3.8, 4) is 0 Å². The number of halogens is 2. The Bertz CT molecular complexity index is 297. The lowest BCUT2D eigenvalue weighted by Crippen LogP contribution is -2.22. The molecule has 0 aromatic heterocycles. The Morgan fingerprint density at radius 1 is 1.46 bits per heavy atom. The fraction of sp³-hybridized carbons (Fsp3) is 0.833. The predicted octanol–water partition coefficient (Wildman–Crippen LogP) is 1.94. The summed E-state index contributed by atoms with van der Waals surface area (Å²) in [5, 5.41) is 0. The molecule has 0 aliphatic heterocycles. The van der Waals surface area contributed by atoms with E-state index in [9.17, 15) is 13.2 Å². The first-order valence-corrected chi connectivity index (χ1v) is 6.90. The molecule has 0 heterocycles. The summed E-state index contributed by atoms with van der Waals surface area (Å²) in [6.07, 6.45) is 2.55. The number of sulfonamides is 1. The van der Waals surface area contributed by atoms with Crippen LogP contribution >= 0.6 is 31.9 Å². The van der Waals surface area contributed by atoms with Crippen LogP contribution in [0, 0.1) is 0 Å². The molecule has 0 saturated carbocycles. The van der Waals surface area contributed by atoms with E-state index in [4.69, 9.17) is 0 Å². The first-order chi connectivity index (χ1) is 5.95. The Balaban J connectivity index is 4.58. The smallest absolute Gasteiger partial charge is 0.210 e. The summed E-state index contributed by atoms with van der Waals surface area (Å²) in [6, 6.07) is 0. The van der Waals surface area contributed by atoms with Crippen LogP contribution in [-0.4, -0.2) is 23.5 Å². The Morgan fingerprint density at radius 3 is 2.38 bits per heavy atom. The Morgan fingerprint density at radius 2 is 2.00 bits per heavy atom. The molecular formula is C6H9Br2NO3S. The summed E-state index contributed by atoms with van der Waals surface area (Å²) in [7, 11) is -3.76. The van der Waals surface area contributed by atoms with Gasteiger partial charge in [-0.15, -0.1) is 0 Å². The zero-order valence-electron chi connectivity index (χ0n) is 6.91. The molecule has 0 radical (unpaired) electrons. The highest BCUT2D eigenvalue weighted by molar-refractivity contribution is 9.13. The molecule has 2 atom stereocenters. The zero-order chi connectivity index (χ0) is 10.5. The third-order valence-corrected chi connectivity index (χ3v) is 6.63. The molecule has 76 valence electrons. The topological polar surface area (TPSA) is 63.6 Å². The quantitative estimate of drug-likeness (QED) is 0.438. The number of nitrogens with zero attached hydrogens (tertiary/aromatic N) is 1. The van der Waals surface area contributed by atoms with Crippen LogP contribution in [0.15, 0.2) is 4.40 Å². The van der Waals surface area contributed by atoms with E-state index in [1.807, 2.05) is 6.92 Å². The summed E-state index contributed by atoms with van der Waals surface area (Å²) >= 11 is 6.15. The van der Waals surface area contributed by atoms with Crippen molar-refractivity contribution >= 4 is 48.0 Å². The molecule has 2 unspecified atom stereocenters. The van der Waals surface area contributed by atoms with Gasteiger partial charge in [0, 0.05) is 4.83 Å². The summed E-state index contributed by atoms with van der Waals surface area (Å²) < 4.78 is 24.2. The van der Waals surface area contributed by atoms with Crippen LogP contribution in [0.3, 0.4) is 0 Å². The minimum absolute atomic E-state index is 0.250. The van der Waals surface area contributed by atoms with Gasteiger partial charge in [-0.25, -0.2) is 13.2 Å². The van der Waals surface area contributed by atoms with Gasteiger partial charge in [-0.05, 0) is 6.42 Å². The van der Waals surface area contributed by atoms with E-state index in [2.05, 4.69) is 36.3 Å². The summed E-state index contributed by atoms with van der Waals surface area (Å²) in [4.78, 5) is 9.55. The lowest BCUT2D eigenvalue weighted by Gasteiger charge is -2.12. The van der Waals surface area contributed by atoms with Gasteiger partial charge in [-0.2, -0.15) is 0 Å². The molecule has 0 aromatic carbocycles. The largest absolute Gasteiger partial charge is 0.277 e. The van der Waals surface area contributed by atoms with E-state index >= 15 is 0 Å². The molecule has 0 saturated heterocycles. The lowest BCUT2D eigenvalue weighted by molar-refractivity contribution is 0.563. The van der Waals surface area contributed by atoms with Crippen LogP contribution in [0.25, 0.3) is 0 Å². The minimum Gasteiger partial charge on any atom is -0.210 e. The highest BCUT2D eigenvalue weighted by atomic mass is 79.9. The number of alkyl halides is 2. The summed E-state index contributed by atoms with van der Waals surface area (Å²) in [5.41, 5.74) is 0. The number of isocyanates is 1. The van der Waals surface area contributed by atoms with Crippen LogP contribution < -0.4 is 0 Å². The molecule has 7 heteroatoms.